The van der Waals surface area contributed by atoms with Crippen LogP contribution in [-0.2, 0) is 0 Å². The summed E-state index contributed by atoms with van der Waals surface area (Å²) in [6.45, 7) is 2.43. The quantitative estimate of drug-likeness (QED) is 0.732. The zero-order valence-electron chi connectivity index (χ0n) is 13.1. The maximum Gasteiger partial charge on any atom is 0.258 e. The van der Waals surface area contributed by atoms with Crippen molar-refractivity contribution in [2.24, 2.45) is 0 Å². The Morgan fingerprint density at radius 3 is 2.57 bits per heavy atom. The number of anilines is 2. The maximum atomic E-state index is 12.7. The molecule has 0 heterocycles. The van der Waals surface area contributed by atoms with Gasteiger partial charge in [-0.15, -0.1) is 0 Å². The summed E-state index contributed by atoms with van der Waals surface area (Å²) in [6, 6.07) is 16.7. The van der Waals surface area contributed by atoms with E-state index in [-0.39, 0.29) is 19.1 Å². The number of carbonyl (C=O) groups is 1. The number of carbonyl (C=O) groups excluding carboxylic acids is 1. The van der Waals surface area contributed by atoms with Gasteiger partial charge in [0.15, 0.2) is 0 Å². The smallest absolute Gasteiger partial charge is 0.258 e. The second-order valence-electron chi connectivity index (χ2n) is 5.18. The number of aliphatic hydroxyl groups is 2. The number of amides is 1. The average Bonchev–Trinajstić information content (AvgIpc) is 2.61. The van der Waals surface area contributed by atoms with Gasteiger partial charge < -0.3 is 20.4 Å². The van der Waals surface area contributed by atoms with Crippen LogP contribution < -0.4 is 10.2 Å². The van der Waals surface area contributed by atoms with E-state index in [1.54, 1.807) is 23.1 Å². The summed E-state index contributed by atoms with van der Waals surface area (Å²) in [5, 5.41) is 21.2. The molecule has 2 aromatic carbocycles. The number of rotatable bonds is 7. The van der Waals surface area contributed by atoms with E-state index < -0.39 is 6.10 Å². The summed E-state index contributed by atoms with van der Waals surface area (Å²) in [5.74, 6) is -0.0787. The lowest BCUT2D eigenvalue weighted by molar-refractivity contribution is 0.0988. The summed E-state index contributed by atoms with van der Waals surface area (Å²) >= 11 is 0. The van der Waals surface area contributed by atoms with Gasteiger partial charge in [0.05, 0.1) is 12.7 Å². The molecule has 5 heteroatoms. The number of benzene rings is 2. The van der Waals surface area contributed by atoms with Gasteiger partial charge in [0.2, 0.25) is 0 Å². The first-order chi connectivity index (χ1) is 11.2. The van der Waals surface area contributed by atoms with Crippen LogP contribution in [0.15, 0.2) is 54.6 Å². The molecule has 0 saturated carbocycles. The number of para-hydroxylation sites is 1. The highest BCUT2D eigenvalue weighted by Gasteiger charge is 2.16. The monoisotopic (exact) mass is 314 g/mol. The molecule has 1 atom stereocenters. The second-order valence-corrected chi connectivity index (χ2v) is 5.18. The fourth-order valence-corrected chi connectivity index (χ4v) is 2.27. The molecule has 0 aliphatic heterocycles. The summed E-state index contributed by atoms with van der Waals surface area (Å²) in [7, 11) is 0. The Hall–Kier alpha value is -2.37. The van der Waals surface area contributed by atoms with Crippen molar-refractivity contribution in [1.29, 1.82) is 0 Å². The van der Waals surface area contributed by atoms with Crippen LogP contribution in [0.3, 0.4) is 0 Å². The Labute approximate surface area is 136 Å². The Balaban J connectivity index is 2.15. The largest absolute Gasteiger partial charge is 0.394 e. The Bertz CT molecular complexity index is 631. The molecule has 0 bridgehead atoms. The molecule has 0 radical (unpaired) electrons. The van der Waals surface area contributed by atoms with E-state index in [0.717, 1.165) is 11.4 Å². The van der Waals surface area contributed by atoms with E-state index in [1.165, 1.54) is 0 Å². The van der Waals surface area contributed by atoms with Crippen LogP contribution in [0.5, 0.6) is 0 Å². The standard InChI is InChI=1S/C18H22N2O3/c1-2-20(16-9-4-3-5-10-16)18(23)14-7-6-8-15(11-14)19-12-17(22)13-21/h3-11,17,19,21-22H,2,12-13H2,1H3. The molecule has 0 aliphatic carbocycles. The molecular formula is C18H22N2O3. The zero-order valence-corrected chi connectivity index (χ0v) is 13.1. The fraction of sp³-hybridized carbons (Fsp3) is 0.278. The van der Waals surface area contributed by atoms with Crippen LogP contribution >= 0.6 is 0 Å². The lowest BCUT2D eigenvalue weighted by atomic mass is 10.1. The van der Waals surface area contributed by atoms with Crippen molar-refractivity contribution in [3.63, 3.8) is 0 Å². The molecule has 2 aromatic rings. The van der Waals surface area contributed by atoms with Gasteiger partial charge >= 0.3 is 0 Å². The molecule has 2 rings (SSSR count). The van der Waals surface area contributed by atoms with E-state index in [4.69, 9.17) is 5.11 Å². The Morgan fingerprint density at radius 1 is 1.17 bits per heavy atom. The van der Waals surface area contributed by atoms with Gasteiger partial charge in [-0.05, 0) is 37.3 Å². The molecule has 1 unspecified atom stereocenters. The Morgan fingerprint density at radius 2 is 1.91 bits per heavy atom. The number of aliphatic hydroxyl groups excluding tert-OH is 2. The summed E-state index contributed by atoms with van der Waals surface area (Å²) in [6.07, 6.45) is -0.828. The van der Waals surface area contributed by atoms with Crippen molar-refractivity contribution in [3.8, 4) is 0 Å². The molecule has 0 aliphatic rings. The van der Waals surface area contributed by atoms with Crippen LogP contribution in [0, 0.1) is 0 Å². The molecule has 3 N–H and O–H groups in total. The third kappa shape index (κ3) is 4.55. The first-order valence-electron chi connectivity index (χ1n) is 7.65. The van der Waals surface area contributed by atoms with Gasteiger partial charge in [0.1, 0.15) is 0 Å². The van der Waals surface area contributed by atoms with E-state index in [1.807, 2.05) is 43.3 Å². The predicted octanol–water partition coefficient (Wildman–Crippen LogP) is 2.12. The average molecular weight is 314 g/mol. The summed E-state index contributed by atoms with van der Waals surface area (Å²) in [5.41, 5.74) is 2.15. The van der Waals surface area contributed by atoms with Crippen LogP contribution in [0.1, 0.15) is 17.3 Å². The van der Waals surface area contributed by atoms with Crippen molar-refractivity contribution in [3.05, 3.63) is 60.2 Å². The van der Waals surface area contributed by atoms with Crippen molar-refractivity contribution in [2.75, 3.05) is 29.9 Å². The number of hydrogen-bond acceptors (Lipinski definition) is 4. The van der Waals surface area contributed by atoms with Crippen LogP contribution in [-0.4, -0.2) is 41.9 Å². The van der Waals surface area contributed by atoms with E-state index >= 15 is 0 Å². The highest BCUT2D eigenvalue weighted by Crippen LogP contribution is 2.18. The summed E-state index contributed by atoms with van der Waals surface area (Å²) < 4.78 is 0. The molecular weight excluding hydrogens is 292 g/mol. The second kappa shape index (κ2) is 8.31. The third-order valence-electron chi connectivity index (χ3n) is 3.49. The Kier molecular flexibility index (Phi) is 6.14. The number of hydrogen-bond donors (Lipinski definition) is 3. The third-order valence-corrected chi connectivity index (χ3v) is 3.49. The van der Waals surface area contributed by atoms with Crippen molar-refractivity contribution >= 4 is 17.3 Å². The van der Waals surface area contributed by atoms with Crippen molar-refractivity contribution in [1.82, 2.24) is 0 Å². The van der Waals surface area contributed by atoms with E-state index in [0.29, 0.717) is 12.1 Å². The minimum atomic E-state index is -0.828. The highest BCUT2D eigenvalue weighted by molar-refractivity contribution is 6.06. The topological polar surface area (TPSA) is 72.8 Å². The molecule has 0 fully saturated rings. The van der Waals surface area contributed by atoms with Crippen LogP contribution in [0.4, 0.5) is 11.4 Å². The molecule has 5 nitrogen and oxygen atoms in total. The van der Waals surface area contributed by atoms with Crippen molar-refractivity contribution < 1.29 is 15.0 Å². The van der Waals surface area contributed by atoms with Crippen LogP contribution in [0.2, 0.25) is 0 Å². The molecule has 23 heavy (non-hydrogen) atoms. The zero-order chi connectivity index (χ0) is 16.7. The molecule has 0 aromatic heterocycles. The van der Waals surface area contributed by atoms with Gasteiger partial charge in [-0.2, -0.15) is 0 Å². The maximum absolute atomic E-state index is 12.7. The van der Waals surface area contributed by atoms with Gasteiger partial charge in [-0.1, -0.05) is 24.3 Å². The predicted molar refractivity (Wildman–Crippen MR) is 91.8 cm³/mol. The highest BCUT2D eigenvalue weighted by atomic mass is 16.3. The molecule has 1 amide bonds. The normalized spacial score (nSPS) is 11.8. The van der Waals surface area contributed by atoms with Crippen LogP contribution in [0.25, 0.3) is 0 Å². The van der Waals surface area contributed by atoms with Crippen molar-refractivity contribution in [2.45, 2.75) is 13.0 Å². The van der Waals surface area contributed by atoms with E-state index in [9.17, 15) is 9.90 Å². The molecule has 0 saturated heterocycles. The lowest BCUT2D eigenvalue weighted by Gasteiger charge is -2.21. The van der Waals surface area contributed by atoms with Gasteiger partial charge in [-0.3, -0.25) is 4.79 Å². The SMILES string of the molecule is CCN(C(=O)c1cccc(NCC(O)CO)c1)c1ccccc1. The van der Waals surface area contributed by atoms with Gasteiger partial charge in [-0.25, -0.2) is 0 Å². The minimum absolute atomic E-state index is 0.0787. The number of nitrogens with zero attached hydrogens (tertiary/aromatic N) is 1. The van der Waals surface area contributed by atoms with E-state index in [2.05, 4.69) is 5.32 Å². The van der Waals surface area contributed by atoms with Gasteiger partial charge in [0, 0.05) is 30.0 Å². The molecule has 0 spiro atoms. The first-order valence-corrected chi connectivity index (χ1v) is 7.65. The minimum Gasteiger partial charge on any atom is -0.394 e. The first kappa shape index (κ1) is 17.0. The lowest BCUT2D eigenvalue weighted by Crippen LogP contribution is -2.30. The summed E-state index contributed by atoms with van der Waals surface area (Å²) in [4.78, 5) is 14.4. The fourth-order valence-electron chi connectivity index (χ4n) is 2.27. The van der Waals surface area contributed by atoms with Gasteiger partial charge in [0.25, 0.3) is 5.91 Å². The number of nitrogens with one attached hydrogen (secondary N) is 1. The molecule has 122 valence electrons.